The van der Waals surface area contributed by atoms with E-state index in [-0.39, 0.29) is 11.9 Å². The third-order valence-corrected chi connectivity index (χ3v) is 4.39. The van der Waals surface area contributed by atoms with Crippen molar-refractivity contribution in [1.82, 2.24) is 5.32 Å². The number of benzene rings is 2. The van der Waals surface area contributed by atoms with Crippen molar-refractivity contribution in [3.8, 4) is 0 Å². The van der Waals surface area contributed by atoms with E-state index in [0.29, 0.717) is 10.8 Å². The number of hydrogen-bond acceptors (Lipinski definition) is 2. The van der Waals surface area contributed by atoms with Gasteiger partial charge < -0.3 is 5.32 Å². The first-order chi connectivity index (χ1) is 10.2. The fourth-order valence-electron chi connectivity index (χ4n) is 2.02. The molecule has 21 heavy (non-hydrogen) atoms. The molecular weight excluding hydrogens is 302 g/mol. The summed E-state index contributed by atoms with van der Waals surface area (Å²) in [4.78, 5) is 13.1. The van der Waals surface area contributed by atoms with Crippen LogP contribution in [0, 0.1) is 0 Å². The van der Waals surface area contributed by atoms with E-state index >= 15 is 0 Å². The Morgan fingerprint density at radius 3 is 2.43 bits per heavy atom. The lowest BCUT2D eigenvalue weighted by Crippen LogP contribution is -2.29. The number of rotatable bonds is 6. The Bertz CT molecular complexity index is 571. The van der Waals surface area contributed by atoms with E-state index < -0.39 is 0 Å². The first-order valence-corrected chi connectivity index (χ1v) is 8.28. The van der Waals surface area contributed by atoms with Gasteiger partial charge in [-0.25, -0.2) is 0 Å². The summed E-state index contributed by atoms with van der Waals surface area (Å²) >= 11 is 7.36. The molecule has 0 saturated carbocycles. The zero-order valence-electron chi connectivity index (χ0n) is 11.9. The molecule has 1 amide bonds. The predicted octanol–water partition coefficient (Wildman–Crippen LogP) is 4.70. The van der Waals surface area contributed by atoms with Crippen molar-refractivity contribution in [1.29, 1.82) is 0 Å². The summed E-state index contributed by atoms with van der Waals surface area (Å²) < 4.78 is 0. The third-order valence-electron chi connectivity index (χ3n) is 3.13. The normalized spacial score (nSPS) is 11.9. The molecule has 0 aromatic heterocycles. The number of nitrogens with one attached hydrogen (secondary N) is 1. The molecule has 0 aliphatic rings. The Balaban J connectivity index is 1.87. The minimum atomic E-state index is 0.0469. The van der Waals surface area contributed by atoms with Gasteiger partial charge in [-0.1, -0.05) is 48.9 Å². The molecule has 0 aliphatic carbocycles. The van der Waals surface area contributed by atoms with Gasteiger partial charge in [0.2, 0.25) is 5.91 Å². The predicted molar refractivity (Wildman–Crippen MR) is 89.8 cm³/mol. The molecule has 0 spiro atoms. The molecule has 1 atom stereocenters. The van der Waals surface area contributed by atoms with Crippen LogP contribution in [-0.4, -0.2) is 11.7 Å². The molecule has 2 nitrogen and oxygen atoms in total. The summed E-state index contributed by atoms with van der Waals surface area (Å²) in [5.41, 5.74) is 1.14. The number of carbonyl (C=O) groups excluding carboxylic acids is 1. The summed E-state index contributed by atoms with van der Waals surface area (Å²) in [6.45, 7) is 2.07. The second-order valence-electron chi connectivity index (χ2n) is 4.68. The van der Waals surface area contributed by atoms with Crippen LogP contribution in [0.4, 0.5) is 0 Å². The molecule has 1 N–H and O–H groups in total. The van der Waals surface area contributed by atoms with E-state index in [1.54, 1.807) is 0 Å². The summed E-state index contributed by atoms with van der Waals surface area (Å²) in [7, 11) is 0. The SMILES string of the molecule is CC[C@H](NC(=O)CSc1ccc(Cl)cc1)c1ccccc1. The summed E-state index contributed by atoms with van der Waals surface area (Å²) in [6.07, 6.45) is 0.876. The van der Waals surface area contributed by atoms with Gasteiger partial charge in [0.15, 0.2) is 0 Å². The van der Waals surface area contributed by atoms with Crippen molar-refractivity contribution >= 4 is 29.3 Å². The first-order valence-electron chi connectivity index (χ1n) is 6.91. The molecule has 2 rings (SSSR count). The monoisotopic (exact) mass is 319 g/mol. The van der Waals surface area contributed by atoms with Crippen LogP contribution < -0.4 is 5.32 Å². The molecule has 2 aromatic carbocycles. The van der Waals surface area contributed by atoms with Gasteiger partial charge in [-0.05, 0) is 36.2 Å². The number of thioether (sulfide) groups is 1. The molecule has 0 aliphatic heterocycles. The van der Waals surface area contributed by atoms with Gasteiger partial charge in [0.25, 0.3) is 0 Å². The fraction of sp³-hybridized carbons (Fsp3) is 0.235. The summed E-state index contributed by atoms with van der Waals surface area (Å²) in [5.74, 6) is 0.455. The summed E-state index contributed by atoms with van der Waals surface area (Å²) in [6, 6.07) is 17.6. The van der Waals surface area contributed by atoms with Gasteiger partial charge in [-0.2, -0.15) is 0 Å². The maximum absolute atomic E-state index is 12.1. The van der Waals surface area contributed by atoms with E-state index in [4.69, 9.17) is 11.6 Å². The zero-order valence-corrected chi connectivity index (χ0v) is 13.5. The molecule has 0 bridgehead atoms. The maximum atomic E-state index is 12.1. The Morgan fingerprint density at radius 2 is 1.81 bits per heavy atom. The first kappa shape index (κ1) is 15.9. The van der Waals surface area contributed by atoms with Gasteiger partial charge in [0.05, 0.1) is 11.8 Å². The highest BCUT2D eigenvalue weighted by Crippen LogP contribution is 2.21. The van der Waals surface area contributed by atoms with Crippen LogP contribution in [0.3, 0.4) is 0 Å². The van der Waals surface area contributed by atoms with E-state index in [0.717, 1.165) is 16.9 Å². The Kier molecular flexibility index (Phi) is 6.15. The summed E-state index contributed by atoms with van der Waals surface area (Å²) in [5, 5.41) is 3.79. The lowest BCUT2D eigenvalue weighted by molar-refractivity contribution is -0.119. The number of amides is 1. The standard InChI is InChI=1S/C17H18ClNOS/c1-2-16(13-6-4-3-5-7-13)19-17(20)12-21-15-10-8-14(18)9-11-15/h3-11,16H,2,12H2,1H3,(H,19,20)/t16-/m0/s1. The zero-order chi connectivity index (χ0) is 15.1. The number of carbonyl (C=O) groups is 1. The second-order valence-corrected chi connectivity index (χ2v) is 6.17. The van der Waals surface area contributed by atoms with E-state index in [2.05, 4.69) is 12.2 Å². The van der Waals surface area contributed by atoms with Crippen molar-refractivity contribution < 1.29 is 4.79 Å². The van der Waals surface area contributed by atoms with Crippen LogP contribution >= 0.6 is 23.4 Å². The van der Waals surface area contributed by atoms with Crippen LogP contribution in [-0.2, 0) is 4.79 Å². The maximum Gasteiger partial charge on any atom is 0.230 e. The minimum absolute atomic E-state index is 0.0469. The van der Waals surface area contributed by atoms with Gasteiger partial charge >= 0.3 is 0 Å². The third kappa shape index (κ3) is 5.10. The molecule has 0 heterocycles. The van der Waals surface area contributed by atoms with Gasteiger partial charge in [0, 0.05) is 9.92 Å². The van der Waals surface area contributed by atoms with Crippen molar-refractivity contribution in [3.63, 3.8) is 0 Å². The van der Waals surface area contributed by atoms with Crippen molar-refractivity contribution in [2.75, 3.05) is 5.75 Å². The molecule has 0 unspecified atom stereocenters. The largest absolute Gasteiger partial charge is 0.349 e. The topological polar surface area (TPSA) is 29.1 Å². The van der Waals surface area contributed by atoms with Crippen molar-refractivity contribution in [3.05, 3.63) is 65.2 Å². The average molecular weight is 320 g/mol. The Hall–Kier alpha value is -1.45. The van der Waals surface area contributed by atoms with Crippen LogP contribution in [0.1, 0.15) is 24.9 Å². The molecule has 4 heteroatoms. The van der Waals surface area contributed by atoms with E-state index in [9.17, 15) is 4.79 Å². The van der Waals surface area contributed by atoms with Crippen LogP contribution in [0.5, 0.6) is 0 Å². The number of halogens is 1. The second kappa shape index (κ2) is 8.11. The molecule has 110 valence electrons. The van der Waals surface area contributed by atoms with Crippen LogP contribution in [0.15, 0.2) is 59.5 Å². The molecule has 0 saturated heterocycles. The van der Waals surface area contributed by atoms with E-state index in [1.807, 2.05) is 54.6 Å². The fourth-order valence-corrected chi connectivity index (χ4v) is 2.86. The lowest BCUT2D eigenvalue weighted by Gasteiger charge is -2.17. The highest BCUT2D eigenvalue weighted by atomic mass is 35.5. The highest BCUT2D eigenvalue weighted by molar-refractivity contribution is 8.00. The lowest BCUT2D eigenvalue weighted by atomic mass is 10.0. The van der Waals surface area contributed by atoms with Gasteiger partial charge in [0.1, 0.15) is 0 Å². The quantitative estimate of drug-likeness (QED) is 0.782. The smallest absolute Gasteiger partial charge is 0.230 e. The van der Waals surface area contributed by atoms with E-state index in [1.165, 1.54) is 11.8 Å². The molecule has 0 radical (unpaired) electrons. The van der Waals surface area contributed by atoms with Gasteiger partial charge in [-0.3, -0.25) is 4.79 Å². The molecular formula is C17H18ClNOS. The van der Waals surface area contributed by atoms with Crippen LogP contribution in [0.25, 0.3) is 0 Å². The van der Waals surface area contributed by atoms with Crippen molar-refractivity contribution in [2.45, 2.75) is 24.3 Å². The Labute approximate surface area is 134 Å². The Morgan fingerprint density at radius 1 is 1.14 bits per heavy atom. The average Bonchev–Trinajstić information content (AvgIpc) is 2.53. The minimum Gasteiger partial charge on any atom is -0.349 e. The van der Waals surface area contributed by atoms with Gasteiger partial charge in [-0.15, -0.1) is 11.8 Å². The molecule has 2 aromatic rings. The number of hydrogen-bond donors (Lipinski definition) is 1. The van der Waals surface area contributed by atoms with Crippen molar-refractivity contribution in [2.24, 2.45) is 0 Å². The highest BCUT2D eigenvalue weighted by Gasteiger charge is 2.12. The van der Waals surface area contributed by atoms with Crippen LogP contribution in [0.2, 0.25) is 5.02 Å². The molecule has 0 fully saturated rings.